The maximum Gasteiger partial charge on any atom is 0.339 e. The van der Waals surface area contributed by atoms with Gasteiger partial charge in [0, 0.05) is 25.4 Å². The highest BCUT2D eigenvalue weighted by Crippen LogP contribution is 2.31. The van der Waals surface area contributed by atoms with Gasteiger partial charge >= 0.3 is 5.97 Å². The van der Waals surface area contributed by atoms with Gasteiger partial charge in [-0.15, -0.1) is 0 Å². The molecule has 0 spiro atoms. The highest BCUT2D eigenvalue weighted by molar-refractivity contribution is 6.04. The zero-order valence-electron chi connectivity index (χ0n) is 12.6. The van der Waals surface area contributed by atoms with Gasteiger partial charge in [-0.1, -0.05) is 0 Å². The highest BCUT2D eigenvalue weighted by atomic mass is 16.4. The Morgan fingerprint density at radius 3 is 2.71 bits per heavy atom. The van der Waals surface area contributed by atoms with E-state index in [1.807, 2.05) is 20.8 Å². The van der Waals surface area contributed by atoms with Crippen LogP contribution in [0.4, 0.5) is 5.69 Å². The summed E-state index contributed by atoms with van der Waals surface area (Å²) in [7, 11) is 1.77. The van der Waals surface area contributed by atoms with Gasteiger partial charge in [0.2, 0.25) is 0 Å². The van der Waals surface area contributed by atoms with Gasteiger partial charge in [-0.2, -0.15) is 5.10 Å². The molecule has 0 bridgehead atoms. The fraction of sp³-hybridized carbons (Fsp3) is 0.500. The van der Waals surface area contributed by atoms with Crippen LogP contribution in [0.2, 0.25) is 0 Å². The Morgan fingerprint density at radius 1 is 1.48 bits per heavy atom. The van der Waals surface area contributed by atoms with Gasteiger partial charge in [0.1, 0.15) is 5.56 Å². The van der Waals surface area contributed by atoms with E-state index in [9.17, 15) is 9.90 Å². The molecule has 7 nitrogen and oxygen atoms in total. The summed E-state index contributed by atoms with van der Waals surface area (Å²) in [5.41, 5.74) is 1.49. The van der Waals surface area contributed by atoms with Crippen LogP contribution < -0.4 is 5.32 Å². The zero-order chi connectivity index (χ0) is 15.8. The summed E-state index contributed by atoms with van der Waals surface area (Å²) in [6.07, 6.45) is 1.83. The molecule has 0 aliphatic rings. The first-order chi connectivity index (χ1) is 9.76. The molecule has 0 unspecified atom stereocenters. The minimum Gasteiger partial charge on any atom is -0.478 e. The van der Waals surface area contributed by atoms with E-state index in [0.717, 1.165) is 0 Å². The lowest BCUT2D eigenvalue weighted by molar-refractivity contribution is 0.0697. The summed E-state index contributed by atoms with van der Waals surface area (Å²) in [5, 5.41) is 26.8. The number of hydrogen-bond acceptors (Lipinski definition) is 5. The van der Waals surface area contributed by atoms with Crippen molar-refractivity contribution in [3.63, 3.8) is 0 Å². The maximum absolute atomic E-state index is 11.5. The Balaban J connectivity index is 2.67. The number of aryl methyl sites for hydroxylation is 2. The van der Waals surface area contributed by atoms with Gasteiger partial charge < -0.3 is 15.5 Å². The molecule has 0 fully saturated rings. The van der Waals surface area contributed by atoms with Gasteiger partial charge in [-0.3, -0.25) is 4.68 Å². The first-order valence-corrected chi connectivity index (χ1v) is 6.71. The third kappa shape index (κ3) is 2.82. The van der Waals surface area contributed by atoms with Gasteiger partial charge in [-0.05, 0) is 27.2 Å². The molecule has 0 aliphatic heterocycles. The number of nitrogens with one attached hydrogen (secondary N) is 1. The number of aliphatic hydroxyl groups is 1. The lowest BCUT2D eigenvalue weighted by atomic mass is 9.99. The van der Waals surface area contributed by atoms with E-state index < -0.39 is 11.5 Å². The number of anilines is 1. The van der Waals surface area contributed by atoms with E-state index in [1.165, 1.54) is 6.20 Å². The molecule has 0 saturated heterocycles. The Bertz CT molecular complexity index is 691. The van der Waals surface area contributed by atoms with Crippen molar-refractivity contribution in [2.75, 3.05) is 11.9 Å². The van der Waals surface area contributed by atoms with Crippen molar-refractivity contribution in [2.45, 2.75) is 32.7 Å². The summed E-state index contributed by atoms with van der Waals surface area (Å²) in [5.74, 6) is -1.05. The van der Waals surface area contributed by atoms with Crippen LogP contribution >= 0.6 is 0 Å². The highest BCUT2D eigenvalue weighted by Gasteiger charge is 2.24. The second kappa shape index (κ2) is 5.33. The summed E-state index contributed by atoms with van der Waals surface area (Å²) in [4.78, 5) is 15.7. The van der Waals surface area contributed by atoms with E-state index >= 15 is 0 Å². The van der Waals surface area contributed by atoms with Crippen LogP contribution in [0.1, 0.15) is 36.3 Å². The third-order valence-electron chi connectivity index (χ3n) is 3.46. The monoisotopic (exact) mass is 292 g/mol. The van der Waals surface area contributed by atoms with Crippen LogP contribution in [-0.2, 0) is 7.05 Å². The molecule has 0 radical (unpaired) electrons. The predicted molar refractivity (Wildman–Crippen MR) is 79.6 cm³/mol. The van der Waals surface area contributed by atoms with Crippen molar-refractivity contribution in [3.05, 3.63) is 17.5 Å². The number of carbonyl (C=O) groups is 1. The number of aliphatic hydroxyl groups excluding tert-OH is 1. The number of aromatic carboxylic acids is 1. The van der Waals surface area contributed by atoms with Crippen molar-refractivity contribution >= 4 is 22.7 Å². The summed E-state index contributed by atoms with van der Waals surface area (Å²) < 4.78 is 1.63. The van der Waals surface area contributed by atoms with Crippen LogP contribution in [0, 0.1) is 6.92 Å². The number of carboxylic acids is 1. The number of nitrogens with zero attached hydrogens (tertiary/aromatic N) is 3. The second-order valence-electron chi connectivity index (χ2n) is 5.74. The number of aromatic nitrogens is 3. The number of hydrogen-bond donors (Lipinski definition) is 3. The minimum atomic E-state index is -1.05. The van der Waals surface area contributed by atoms with Crippen molar-refractivity contribution in [3.8, 4) is 0 Å². The molecule has 0 amide bonds. The minimum absolute atomic E-state index is 0.0165. The smallest absolute Gasteiger partial charge is 0.339 e. The quantitative estimate of drug-likeness (QED) is 0.773. The molecule has 2 heterocycles. The number of pyridine rings is 1. The molecule has 0 aliphatic carbocycles. The number of rotatable bonds is 5. The lowest BCUT2D eigenvalue weighted by Gasteiger charge is -2.28. The Morgan fingerprint density at radius 2 is 2.14 bits per heavy atom. The molecule has 0 aromatic carbocycles. The Labute approximate surface area is 122 Å². The van der Waals surface area contributed by atoms with Crippen LogP contribution in [0.15, 0.2) is 6.20 Å². The lowest BCUT2D eigenvalue weighted by Crippen LogP contribution is -2.33. The van der Waals surface area contributed by atoms with Crippen LogP contribution in [0.25, 0.3) is 11.0 Å². The molecule has 0 atom stereocenters. The molecular weight excluding hydrogens is 272 g/mol. The average Bonchev–Trinajstić information content (AvgIpc) is 2.64. The van der Waals surface area contributed by atoms with Crippen molar-refractivity contribution in [1.29, 1.82) is 0 Å². The second-order valence-corrected chi connectivity index (χ2v) is 5.74. The summed E-state index contributed by atoms with van der Waals surface area (Å²) >= 11 is 0. The molecular formula is C14H20N4O3. The van der Waals surface area contributed by atoms with E-state index in [1.54, 1.807) is 11.7 Å². The molecule has 2 rings (SSSR count). The van der Waals surface area contributed by atoms with Crippen LogP contribution in [0.3, 0.4) is 0 Å². The van der Waals surface area contributed by atoms with Gasteiger partial charge in [-0.25, -0.2) is 9.78 Å². The number of fused-ring (bicyclic) bond motifs is 1. The first-order valence-electron chi connectivity index (χ1n) is 6.71. The molecule has 2 aromatic rings. The van der Waals surface area contributed by atoms with Crippen LogP contribution in [-0.4, -0.2) is 43.1 Å². The topological polar surface area (TPSA) is 100 Å². The average molecular weight is 292 g/mol. The molecule has 0 saturated carbocycles. The van der Waals surface area contributed by atoms with Gasteiger partial charge in [0.25, 0.3) is 0 Å². The van der Waals surface area contributed by atoms with E-state index in [4.69, 9.17) is 5.11 Å². The van der Waals surface area contributed by atoms with E-state index in [-0.39, 0.29) is 12.2 Å². The van der Waals surface area contributed by atoms with Crippen molar-refractivity contribution in [1.82, 2.24) is 14.8 Å². The summed E-state index contributed by atoms with van der Waals surface area (Å²) in [6, 6.07) is 0. The third-order valence-corrected chi connectivity index (χ3v) is 3.46. The predicted octanol–water partition coefficient (Wildman–Crippen LogP) is 1.55. The molecule has 21 heavy (non-hydrogen) atoms. The normalized spacial score (nSPS) is 11.9. The number of carboxylic acid groups (broad SMARTS) is 1. The summed E-state index contributed by atoms with van der Waals surface area (Å²) in [6.45, 7) is 5.65. The van der Waals surface area contributed by atoms with Crippen molar-refractivity contribution < 1.29 is 15.0 Å². The molecule has 114 valence electrons. The van der Waals surface area contributed by atoms with Gasteiger partial charge in [0.15, 0.2) is 5.65 Å². The molecule has 7 heteroatoms. The largest absolute Gasteiger partial charge is 0.478 e. The Hall–Kier alpha value is -2.15. The Kier molecular flexibility index (Phi) is 3.87. The van der Waals surface area contributed by atoms with E-state index in [2.05, 4.69) is 15.4 Å². The zero-order valence-corrected chi connectivity index (χ0v) is 12.6. The van der Waals surface area contributed by atoms with E-state index in [0.29, 0.717) is 28.8 Å². The standard InChI is InChI=1S/C14H20N4O3/c1-8-10-11(16-14(2,3)5-6-19)9(13(20)21)7-15-12(10)18(4)17-8/h7,19H,5-6H2,1-4H3,(H,15,16)(H,20,21). The SMILES string of the molecule is Cc1nn(C)c2ncc(C(=O)O)c(NC(C)(C)CCO)c12. The van der Waals surface area contributed by atoms with Gasteiger partial charge in [0.05, 0.1) is 16.8 Å². The van der Waals surface area contributed by atoms with Crippen LogP contribution in [0.5, 0.6) is 0 Å². The fourth-order valence-corrected chi connectivity index (χ4v) is 2.38. The fourth-order valence-electron chi connectivity index (χ4n) is 2.38. The molecule has 2 aromatic heterocycles. The first kappa shape index (κ1) is 15.2. The van der Waals surface area contributed by atoms with Crippen molar-refractivity contribution in [2.24, 2.45) is 7.05 Å². The molecule has 3 N–H and O–H groups in total. The maximum atomic E-state index is 11.5.